The summed E-state index contributed by atoms with van der Waals surface area (Å²) in [4.78, 5) is 0. The minimum atomic E-state index is -0.00537. The molecule has 1 aliphatic rings. The summed E-state index contributed by atoms with van der Waals surface area (Å²) < 4.78 is 5.26. The zero-order valence-corrected chi connectivity index (χ0v) is 9.40. The maximum Gasteiger partial charge on any atom is 0.130 e. The molecule has 0 aromatic rings. The molecule has 0 saturated heterocycles. The maximum absolute atomic E-state index is 8.67. The predicted molar refractivity (Wildman–Crippen MR) is 63.1 cm³/mol. The molecule has 86 valence electrons. The van der Waals surface area contributed by atoms with E-state index in [9.17, 15) is 0 Å². The molecular weight excluding hydrogens is 228 g/mol. The second-order valence-electron chi connectivity index (χ2n) is 3.36. The average molecular weight is 236 g/mol. The molecule has 0 bridgehead atoms. The van der Waals surface area contributed by atoms with Crippen LogP contribution in [0.25, 0.3) is 0 Å². The number of nitrogens with zero attached hydrogens (tertiary/aromatic N) is 3. The Morgan fingerprint density at radius 2 is 1.94 bits per heavy atom. The van der Waals surface area contributed by atoms with Gasteiger partial charge in [-0.2, -0.15) is 15.8 Å². The van der Waals surface area contributed by atoms with Crippen molar-refractivity contribution in [3.05, 3.63) is 40.5 Å². The molecule has 1 rings (SSSR count). The van der Waals surface area contributed by atoms with Gasteiger partial charge in [-0.25, -0.2) is 0 Å². The topological polar surface area (TPSA) is 104 Å². The van der Waals surface area contributed by atoms with Gasteiger partial charge in [-0.3, -0.25) is 5.41 Å². The van der Waals surface area contributed by atoms with Crippen LogP contribution in [-0.4, -0.2) is 19.1 Å². The van der Waals surface area contributed by atoms with Crippen LogP contribution in [-0.2, 0) is 4.74 Å². The maximum atomic E-state index is 8.67. The SMILES string of the molecule is N#CC(=C=N)/C=C1\C=C(C=C(C#N)C#N)COC1. The van der Waals surface area contributed by atoms with Crippen molar-refractivity contribution in [2.45, 2.75) is 0 Å². The summed E-state index contributed by atoms with van der Waals surface area (Å²) >= 11 is 0. The third kappa shape index (κ3) is 3.59. The molecule has 1 heterocycles. The lowest BCUT2D eigenvalue weighted by Gasteiger charge is -2.13. The molecule has 0 saturated carbocycles. The van der Waals surface area contributed by atoms with Crippen LogP contribution in [0.5, 0.6) is 0 Å². The van der Waals surface area contributed by atoms with Gasteiger partial charge >= 0.3 is 0 Å². The molecule has 0 aromatic heterocycles. The minimum absolute atomic E-state index is 0.00537. The molecular formula is C13H8N4O. The highest BCUT2D eigenvalue weighted by molar-refractivity contribution is 5.66. The van der Waals surface area contributed by atoms with Crippen molar-refractivity contribution >= 4 is 5.87 Å². The van der Waals surface area contributed by atoms with E-state index >= 15 is 0 Å². The van der Waals surface area contributed by atoms with E-state index in [0.717, 1.165) is 0 Å². The summed E-state index contributed by atoms with van der Waals surface area (Å²) in [5.74, 6) is 2.00. The van der Waals surface area contributed by atoms with Gasteiger partial charge < -0.3 is 4.74 Å². The Labute approximate surface area is 104 Å². The van der Waals surface area contributed by atoms with E-state index in [1.807, 2.05) is 11.9 Å². The number of nitriles is 3. The summed E-state index contributed by atoms with van der Waals surface area (Å²) in [5, 5.41) is 32.8. The smallest absolute Gasteiger partial charge is 0.130 e. The van der Waals surface area contributed by atoms with Crippen LogP contribution >= 0.6 is 0 Å². The Balaban J connectivity index is 3.06. The summed E-state index contributed by atoms with van der Waals surface area (Å²) in [7, 11) is 0. The molecule has 18 heavy (non-hydrogen) atoms. The van der Waals surface area contributed by atoms with Crippen molar-refractivity contribution in [1.82, 2.24) is 0 Å². The normalized spacial score (nSPS) is 15.4. The zero-order chi connectivity index (χ0) is 13.4. The predicted octanol–water partition coefficient (Wildman–Crippen LogP) is 1.54. The van der Waals surface area contributed by atoms with Gasteiger partial charge in [0.05, 0.1) is 13.2 Å². The third-order valence-corrected chi connectivity index (χ3v) is 2.06. The van der Waals surface area contributed by atoms with E-state index in [-0.39, 0.29) is 11.1 Å². The van der Waals surface area contributed by atoms with Crippen molar-refractivity contribution in [3.63, 3.8) is 0 Å². The largest absolute Gasteiger partial charge is 0.372 e. The number of allylic oxidation sites excluding steroid dienone is 3. The number of ether oxygens (including phenoxy) is 1. The lowest BCUT2D eigenvalue weighted by atomic mass is 10.1. The lowest BCUT2D eigenvalue weighted by Crippen LogP contribution is -2.08. The van der Waals surface area contributed by atoms with E-state index in [1.165, 1.54) is 12.2 Å². The van der Waals surface area contributed by atoms with Crippen LogP contribution in [0, 0.1) is 39.4 Å². The second-order valence-corrected chi connectivity index (χ2v) is 3.36. The second kappa shape index (κ2) is 6.63. The highest BCUT2D eigenvalue weighted by Gasteiger charge is 2.07. The van der Waals surface area contributed by atoms with Gasteiger partial charge in [-0.1, -0.05) is 6.08 Å². The Kier molecular flexibility index (Phi) is 4.85. The fraction of sp³-hybridized carbons (Fsp3) is 0.154. The van der Waals surface area contributed by atoms with E-state index in [2.05, 4.69) is 0 Å². The van der Waals surface area contributed by atoms with Crippen molar-refractivity contribution in [2.75, 3.05) is 13.2 Å². The molecule has 0 fully saturated rings. The fourth-order valence-electron chi connectivity index (χ4n) is 1.33. The summed E-state index contributed by atoms with van der Waals surface area (Å²) in [5.41, 5.74) is 1.46. The quantitative estimate of drug-likeness (QED) is 0.579. The van der Waals surface area contributed by atoms with Gasteiger partial charge in [0, 0.05) is 0 Å². The lowest BCUT2D eigenvalue weighted by molar-refractivity contribution is 0.177. The molecule has 5 heteroatoms. The Morgan fingerprint density at radius 3 is 2.50 bits per heavy atom. The Morgan fingerprint density at radius 1 is 1.22 bits per heavy atom. The van der Waals surface area contributed by atoms with Gasteiger partial charge in [-0.15, -0.1) is 0 Å². The van der Waals surface area contributed by atoms with Gasteiger partial charge in [-0.05, 0) is 29.2 Å². The Bertz CT molecular complexity index is 595. The van der Waals surface area contributed by atoms with Gasteiger partial charge in [0.15, 0.2) is 0 Å². The molecule has 0 radical (unpaired) electrons. The molecule has 0 aromatic carbocycles. The minimum Gasteiger partial charge on any atom is -0.372 e. The van der Waals surface area contributed by atoms with Crippen LogP contribution in [0.4, 0.5) is 0 Å². The standard InChI is InChI=1S/C13H8N4O/c14-4-12(5-15)2-10-1-11(9-18-8-10)3-13(6-16)7-17/h1-3,14H,8-9H2/b10-2+. The molecule has 5 nitrogen and oxygen atoms in total. The number of rotatable bonds is 2. The third-order valence-electron chi connectivity index (χ3n) is 2.06. The van der Waals surface area contributed by atoms with Crippen LogP contribution in [0.2, 0.25) is 0 Å². The van der Waals surface area contributed by atoms with Gasteiger partial charge in [0.2, 0.25) is 0 Å². The summed E-state index contributed by atoms with van der Waals surface area (Å²) in [6.45, 7) is 0.624. The summed E-state index contributed by atoms with van der Waals surface area (Å²) in [6.07, 6.45) is 4.65. The van der Waals surface area contributed by atoms with Crippen molar-refractivity contribution in [2.24, 2.45) is 0 Å². The first-order valence-electron chi connectivity index (χ1n) is 4.94. The summed E-state index contributed by atoms with van der Waals surface area (Å²) in [6, 6.07) is 5.34. The number of hydrogen-bond acceptors (Lipinski definition) is 5. The highest BCUT2D eigenvalue weighted by Crippen LogP contribution is 2.15. The van der Waals surface area contributed by atoms with E-state index < -0.39 is 0 Å². The molecule has 1 aliphatic heterocycles. The van der Waals surface area contributed by atoms with Crippen LogP contribution in [0.15, 0.2) is 40.5 Å². The van der Waals surface area contributed by atoms with E-state index in [1.54, 1.807) is 18.2 Å². The van der Waals surface area contributed by atoms with Crippen molar-refractivity contribution in [3.8, 4) is 18.2 Å². The first-order chi connectivity index (χ1) is 8.73. The first kappa shape index (κ1) is 13.2. The Hall–Kier alpha value is -2.90. The van der Waals surface area contributed by atoms with Crippen molar-refractivity contribution in [1.29, 1.82) is 21.2 Å². The van der Waals surface area contributed by atoms with Gasteiger partial charge in [0.25, 0.3) is 0 Å². The molecule has 0 atom stereocenters. The molecule has 0 aliphatic carbocycles. The number of nitrogens with one attached hydrogen (secondary N) is 1. The molecule has 0 unspecified atom stereocenters. The van der Waals surface area contributed by atoms with E-state index in [4.69, 9.17) is 25.9 Å². The highest BCUT2D eigenvalue weighted by atomic mass is 16.5. The first-order valence-corrected chi connectivity index (χ1v) is 4.94. The van der Waals surface area contributed by atoms with Crippen molar-refractivity contribution < 1.29 is 4.74 Å². The van der Waals surface area contributed by atoms with Crippen LogP contribution in [0.1, 0.15) is 0 Å². The molecule has 1 N–H and O–H groups in total. The molecule has 0 spiro atoms. The monoisotopic (exact) mass is 236 g/mol. The number of hydrogen-bond donors (Lipinski definition) is 1. The van der Waals surface area contributed by atoms with E-state index in [0.29, 0.717) is 24.4 Å². The van der Waals surface area contributed by atoms with Crippen LogP contribution < -0.4 is 0 Å². The fourth-order valence-corrected chi connectivity index (χ4v) is 1.33. The zero-order valence-electron chi connectivity index (χ0n) is 9.40. The van der Waals surface area contributed by atoms with Crippen LogP contribution in [0.3, 0.4) is 0 Å². The average Bonchev–Trinajstić information content (AvgIpc) is 2.42. The molecule has 0 amide bonds. The van der Waals surface area contributed by atoms with Gasteiger partial charge in [0.1, 0.15) is 29.4 Å².